The first-order chi connectivity index (χ1) is 10.2. The van der Waals surface area contributed by atoms with Crippen LogP contribution >= 0.6 is 0 Å². The Morgan fingerprint density at radius 3 is 2.86 bits per heavy atom. The maximum Gasteiger partial charge on any atom is 0.153 e. The molecule has 4 nitrogen and oxygen atoms in total. The van der Waals surface area contributed by atoms with Crippen molar-refractivity contribution in [1.29, 1.82) is 0 Å². The number of aldehydes is 1. The van der Waals surface area contributed by atoms with Gasteiger partial charge in [0.25, 0.3) is 0 Å². The number of ether oxygens (including phenoxy) is 1. The average molecular weight is 288 g/mol. The van der Waals surface area contributed by atoms with Gasteiger partial charge in [-0.25, -0.2) is 4.39 Å². The second-order valence-corrected chi connectivity index (χ2v) is 5.43. The van der Waals surface area contributed by atoms with E-state index in [0.717, 1.165) is 0 Å². The Hall–Kier alpha value is -2.17. The van der Waals surface area contributed by atoms with E-state index < -0.39 is 5.82 Å². The van der Waals surface area contributed by atoms with Crippen LogP contribution in [0.15, 0.2) is 24.4 Å². The molecular formula is C16H17FN2O2. The summed E-state index contributed by atoms with van der Waals surface area (Å²) in [5.74, 6) is 0.531. The van der Waals surface area contributed by atoms with E-state index >= 15 is 0 Å². The van der Waals surface area contributed by atoms with Gasteiger partial charge in [0.2, 0.25) is 0 Å². The Kier molecular flexibility index (Phi) is 3.49. The summed E-state index contributed by atoms with van der Waals surface area (Å²) < 4.78 is 21.1. The summed E-state index contributed by atoms with van der Waals surface area (Å²) in [5, 5.41) is 4.45. The van der Waals surface area contributed by atoms with E-state index in [1.54, 1.807) is 23.0 Å². The molecule has 0 radical (unpaired) electrons. The predicted octanol–water partition coefficient (Wildman–Crippen LogP) is 3.48. The Morgan fingerprint density at radius 1 is 1.48 bits per heavy atom. The molecule has 21 heavy (non-hydrogen) atoms. The first-order valence-electron chi connectivity index (χ1n) is 7.03. The Balaban J connectivity index is 2.11. The first-order valence-corrected chi connectivity index (χ1v) is 7.03. The van der Waals surface area contributed by atoms with E-state index in [1.807, 2.05) is 0 Å². The summed E-state index contributed by atoms with van der Waals surface area (Å²) in [5.41, 5.74) is 0.960. The number of carbonyl (C=O) groups excluding carboxylic acids is 1. The van der Waals surface area contributed by atoms with Gasteiger partial charge in [0.1, 0.15) is 17.3 Å². The van der Waals surface area contributed by atoms with Crippen LogP contribution in [0.25, 0.3) is 11.3 Å². The molecule has 1 saturated carbocycles. The lowest BCUT2D eigenvalue weighted by Gasteiger charge is -2.10. The number of carbonyl (C=O) groups is 1. The molecule has 0 bridgehead atoms. The van der Waals surface area contributed by atoms with Crippen LogP contribution in [0.5, 0.6) is 5.75 Å². The van der Waals surface area contributed by atoms with E-state index in [1.165, 1.54) is 26.0 Å². The van der Waals surface area contributed by atoms with Crippen LogP contribution in [0.2, 0.25) is 0 Å². The van der Waals surface area contributed by atoms with Crippen molar-refractivity contribution in [2.75, 3.05) is 7.11 Å². The molecule has 0 saturated heterocycles. The molecule has 3 rings (SSSR count). The van der Waals surface area contributed by atoms with Crippen molar-refractivity contribution in [2.45, 2.75) is 25.8 Å². The molecule has 0 aliphatic heterocycles. The fraction of sp³-hybridized carbons (Fsp3) is 0.375. The van der Waals surface area contributed by atoms with Crippen LogP contribution in [0, 0.1) is 11.7 Å². The molecule has 0 spiro atoms. The normalized spacial score (nSPS) is 15.8. The number of aromatic nitrogens is 2. The Bertz CT molecular complexity index is 677. The molecule has 1 aromatic heterocycles. The van der Waals surface area contributed by atoms with Crippen LogP contribution in [-0.2, 0) is 0 Å². The fourth-order valence-corrected chi connectivity index (χ4v) is 2.59. The Labute approximate surface area is 122 Å². The molecule has 2 aromatic rings. The second kappa shape index (κ2) is 5.31. The van der Waals surface area contributed by atoms with Crippen LogP contribution in [-0.4, -0.2) is 23.2 Å². The first kappa shape index (κ1) is 13.8. The zero-order chi connectivity index (χ0) is 15.0. The number of methoxy groups -OCH3 is 1. The van der Waals surface area contributed by atoms with Gasteiger partial charge in [0, 0.05) is 6.20 Å². The molecule has 110 valence electrons. The lowest BCUT2D eigenvalue weighted by Crippen LogP contribution is -2.07. The molecule has 1 aromatic carbocycles. The molecular weight excluding hydrogens is 271 g/mol. The number of hydrogen-bond donors (Lipinski definition) is 0. The second-order valence-electron chi connectivity index (χ2n) is 5.43. The van der Waals surface area contributed by atoms with Crippen molar-refractivity contribution in [3.63, 3.8) is 0 Å². The van der Waals surface area contributed by atoms with Crippen molar-refractivity contribution >= 4 is 6.29 Å². The van der Waals surface area contributed by atoms with E-state index in [4.69, 9.17) is 4.74 Å². The van der Waals surface area contributed by atoms with Gasteiger partial charge < -0.3 is 4.74 Å². The highest BCUT2D eigenvalue weighted by molar-refractivity contribution is 5.87. The number of hydrogen-bond acceptors (Lipinski definition) is 3. The zero-order valence-corrected chi connectivity index (χ0v) is 12.0. The van der Waals surface area contributed by atoms with E-state index in [9.17, 15) is 9.18 Å². The monoisotopic (exact) mass is 288 g/mol. The topological polar surface area (TPSA) is 44.1 Å². The predicted molar refractivity (Wildman–Crippen MR) is 77.0 cm³/mol. The fourth-order valence-electron chi connectivity index (χ4n) is 2.59. The highest BCUT2D eigenvalue weighted by Gasteiger charge is 2.31. The highest BCUT2D eigenvalue weighted by Crippen LogP contribution is 2.40. The third kappa shape index (κ3) is 2.44. The number of halogens is 1. The van der Waals surface area contributed by atoms with Gasteiger partial charge in [-0.1, -0.05) is 6.07 Å². The van der Waals surface area contributed by atoms with Gasteiger partial charge in [0.15, 0.2) is 6.29 Å². The minimum absolute atomic E-state index is 0.218. The van der Waals surface area contributed by atoms with Crippen molar-refractivity contribution in [1.82, 2.24) is 9.78 Å². The Morgan fingerprint density at radius 2 is 2.24 bits per heavy atom. The van der Waals surface area contributed by atoms with Crippen molar-refractivity contribution in [3.05, 3.63) is 35.8 Å². The molecule has 1 aliphatic carbocycles. The van der Waals surface area contributed by atoms with Gasteiger partial charge in [-0.15, -0.1) is 0 Å². The van der Waals surface area contributed by atoms with Crippen molar-refractivity contribution in [3.8, 4) is 17.0 Å². The van der Waals surface area contributed by atoms with Gasteiger partial charge in [-0.2, -0.15) is 5.10 Å². The maximum absolute atomic E-state index is 14.2. The van der Waals surface area contributed by atoms with Gasteiger partial charge in [-0.3, -0.25) is 9.48 Å². The maximum atomic E-state index is 14.2. The molecule has 1 fully saturated rings. The van der Waals surface area contributed by atoms with E-state index in [0.29, 0.717) is 29.2 Å². The summed E-state index contributed by atoms with van der Waals surface area (Å²) in [6.45, 7) is 2.07. The molecule has 1 aliphatic rings. The molecule has 0 amide bonds. The summed E-state index contributed by atoms with van der Waals surface area (Å²) in [4.78, 5) is 11.3. The van der Waals surface area contributed by atoms with Gasteiger partial charge in [-0.05, 0) is 37.8 Å². The minimum atomic E-state index is -0.443. The van der Waals surface area contributed by atoms with Crippen molar-refractivity contribution in [2.24, 2.45) is 5.92 Å². The third-order valence-corrected chi connectivity index (χ3v) is 4.04. The molecule has 0 N–H and O–H groups in total. The standard InChI is InChI=1S/C16H17FN2O2/c1-10(11-6-7-11)19-8-12(9-20)16(18-19)15-13(17)4-3-5-14(15)21-2/h3-5,8-11H,6-7H2,1-2H3. The minimum Gasteiger partial charge on any atom is -0.496 e. The smallest absolute Gasteiger partial charge is 0.153 e. The number of benzene rings is 1. The number of nitrogens with zero attached hydrogens (tertiary/aromatic N) is 2. The van der Waals surface area contributed by atoms with E-state index in [2.05, 4.69) is 12.0 Å². The van der Waals surface area contributed by atoms with Crippen LogP contribution in [0.3, 0.4) is 0 Å². The van der Waals surface area contributed by atoms with Crippen LogP contribution in [0.4, 0.5) is 4.39 Å². The zero-order valence-electron chi connectivity index (χ0n) is 12.0. The summed E-state index contributed by atoms with van der Waals surface area (Å²) in [6.07, 6.45) is 4.76. The lowest BCUT2D eigenvalue weighted by molar-refractivity contribution is 0.112. The molecule has 1 heterocycles. The highest BCUT2D eigenvalue weighted by atomic mass is 19.1. The van der Waals surface area contributed by atoms with Crippen molar-refractivity contribution < 1.29 is 13.9 Å². The van der Waals surface area contributed by atoms with Crippen LogP contribution in [0.1, 0.15) is 36.2 Å². The summed E-state index contributed by atoms with van der Waals surface area (Å²) >= 11 is 0. The largest absolute Gasteiger partial charge is 0.496 e. The molecule has 1 unspecified atom stereocenters. The van der Waals surface area contributed by atoms with Crippen LogP contribution < -0.4 is 4.74 Å². The summed E-state index contributed by atoms with van der Waals surface area (Å²) in [6, 6.07) is 4.80. The molecule has 1 atom stereocenters. The number of rotatable bonds is 5. The average Bonchev–Trinajstić information content (AvgIpc) is 3.25. The molecule has 5 heteroatoms. The van der Waals surface area contributed by atoms with Gasteiger partial charge in [0.05, 0.1) is 24.3 Å². The van der Waals surface area contributed by atoms with E-state index in [-0.39, 0.29) is 11.6 Å². The SMILES string of the molecule is COc1cccc(F)c1-c1nn(C(C)C2CC2)cc1C=O. The summed E-state index contributed by atoms with van der Waals surface area (Å²) in [7, 11) is 1.47. The third-order valence-electron chi connectivity index (χ3n) is 4.04. The quantitative estimate of drug-likeness (QED) is 0.791. The lowest BCUT2D eigenvalue weighted by atomic mass is 10.1. The van der Waals surface area contributed by atoms with Gasteiger partial charge >= 0.3 is 0 Å².